The Morgan fingerprint density at radius 1 is 1.40 bits per heavy atom. The van der Waals surface area contributed by atoms with Crippen molar-refractivity contribution in [1.29, 1.82) is 0 Å². The molecule has 7 heteroatoms. The lowest BCUT2D eigenvalue weighted by Crippen LogP contribution is -2.30. The maximum Gasteiger partial charge on any atom is 0.257 e. The molecule has 0 spiro atoms. The molecule has 0 aliphatic carbocycles. The maximum absolute atomic E-state index is 12.8. The lowest BCUT2D eigenvalue weighted by atomic mass is 10.1. The van der Waals surface area contributed by atoms with Crippen LogP contribution in [0.3, 0.4) is 0 Å². The summed E-state index contributed by atoms with van der Waals surface area (Å²) in [4.78, 5) is 14.7. The summed E-state index contributed by atoms with van der Waals surface area (Å²) in [5.74, 6) is 1.71. The van der Waals surface area contributed by atoms with Crippen LogP contribution in [-0.4, -0.2) is 35.6 Å². The first-order valence-electron chi connectivity index (χ1n) is 8.23. The van der Waals surface area contributed by atoms with Crippen molar-refractivity contribution < 1.29 is 14.1 Å². The molecule has 1 aliphatic rings. The number of amides is 1. The zero-order chi connectivity index (χ0) is 17.1. The normalized spacial score (nSPS) is 16.6. The second kappa shape index (κ2) is 8.36. The number of benzene rings is 1. The van der Waals surface area contributed by atoms with Crippen molar-refractivity contribution in [3.05, 3.63) is 46.8 Å². The van der Waals surface area contributed by atoms with Crippen molar-refractivity contribution in [3.63, 3.8) is 0 Å². The van der Waals surface area contributed by atoms with E-state index in [2.05, 4.69) is 5.16 Å². The number of halogens is 1. The van der Waals surface area contributed by atoms with Gasteiger partial charge in [0.25, 0.3) is 5.91 Å². The van der Waals surface area contributed by atoms with E-state index in [1.54, 1.807) is 6.07 Å². The molecular weight excluding hydrogens is 342 g/mol. The maximum atomic E-state index is 12.8. The van der Waals surface area contributed by atoms with Gasteiger partial charge in [-0.25, -0.2) is 0 Å². The third kappa shape index (κ3) is 4.14. The number of carbonyl (C=O) groups is 1. The summed E-state index contributed by atoms with van der Waals surface area (Å²) in [6, 6.07) is 7.35. The average molecular weight is 366 g/mol. The van der Waals surface area contributed by atoms with Gasteiger partial charge in [-0.3, -0.25) is 4.79 Å². The highest BCUT2D eigenvalue weighted by atomic mass is 35.5. The van der Waals surface area contributed by atoms with Gasteiger partial charge >= 0.3 is 0 Å². The van der Waals surface area contributed by atoms with E-state index in [1.165, 1.54) is 0 Å². The van der Waals surface area contributed by atoms with Gasteiger partial charge in [0.05, 0.1) is 16.8 Å². The number of hydrogen-bond acceptors (Lipinski definition) is 5. The molecule has 3 rings (SSSR count). The molecule has 1 atom stereocenters. The van der Waals surface area contributed by atoms with Crippen molar-refractivity contribution in [3.8, 4) is 5.75 Å². The summed E-state index contributed by atoms with van der Waals surface area (Å²) < 4.78 is 11.1. The SMILES string of the molecule is Cc1noc(C)c1COc1ccccc1C(=O)N1CCC(CN)C1.Cl. The molecule has 0 radical (unpaired) electrons. The zero-order valence-corrected chi connectivity index (χ0v) is 15.3. The van der Waals surface area contributed by atoms with Gasteiger partial charge < -0.3 is 19.9 Å². The Morgan fingerprint density at radius 2 is 2.16 bits per heavy atom. The Labute approximate surface area is 153 Å². The smallest absolute Gasteiger partial charge is 0.257 e. The Bertz CT molecular complexity index is 713. The summed E-state index contributed by atoms with van der Waals surface area (Å²) in [5.41, 5.74) is 8.03. The number of hydrogen-bond donors (Lipinski definition) is 1. The van der Waals surface area contributed by atoms with E-state index in [0.29, 0.717) is 36.9 Å². The molecule has 0 saturated carbocycles. The highest BCUT2D eigenvalue weighted by Crippen LogP contribution is 2.25. The molecule has 2 N–H and O–H groups in total. The second-order valence-electron chi connectivity index (χ2n) is 6.23. The third-order valence-electron chi connectivity index (χ3n) is 4.58. The molecule has 2 heterocycles. The zero-order valence-electron chi connectivity index (χ0n) is 14.5. The van der Waals surface area contributed by atoms with Gasteiger partial charge in [0.2, 0.25) is 0 Å². The summed E-state index contributed by atoms with van der Waals surface area (Å²) in [7, 11) is 0. The topological polar surface area (TPSA) is 81.6 Å². The fourth-order valence-corrected chi connectivity index (χ4v) is 3.01. The van der Waals surface area contributed by atoms with Gasteiger partial charge in [-0.2, -0.15) is 0 Å². The molecule has 1 aromatic heterocycles. The predicted molar refractivity (Wildman–Crippen MR) is 97.1 cm³/mol. The van der Waals surface area contributed by atoms with Crippen LogP contribution in [0.1, 0.15) is 33.8 Å². The first-order valence-corrected chi connectivity index (χ1v) is 8.23. The fourth-order valence-electron chi connectivity index (χ4n) is 3.01. The standard InChI is InChI=1S/C18H23N3O3.ClH/c1-12-16(13(2)24-20-12)11-23-17-6-4-3-5-15(17)18(22)21-8-7-14(9-19)10-21;/h3-6,14H,7-11,19H2,1-2H3;1H. The molecule has 1 fully saturated rings. The molecule has 6 nitrogen and oxygen atoms in total. The van der Waals surface area contributed by atoms with Crippen LogP contribution in [0, 0.1) is 19.8 Å². The fraction of sp³-hybridized carbons (Fsp3) is 0.444. The van der Waals surface area contributed by atoms with Gasteiger partial charge in [0, 0.05) is 13.1 Å². The summed E-state index contributed by atoms with van der Waals surface area (Å²) in [6.07, 6.45) is 0.963. The first-order chi connectivity index (χ1) is 11.6. The van der Waals surface area contributed by atoms with Gasteiger partial charge in [-0.1, -0.05) is 17.3 Å². The molecule has 25 heavy (non-hydrogen) atoms. The van der Waals surface area contributed by atoms with E-state index < -0.39 is 0 Å². The van der Waals surface area contributed by atoms with Crippen molar-refractivity contribution in [1.82, 2.24) is 10.1 Å². The molecule has 1 amide bonds. The molecule has 1 unspecified atom stereocenters. The van der Waals surface area contributed by atoms with E-state index in [4.69, 9.17) is 15.0 Å². The Hall–Kier alpha value is -2.05. The third-order valence-corrected chi connectivity index (χ3v) is 4.58. The van der Waals surface area contributed by atoms with Crippen LogP contribution in [0.2, 0.25) is 0 Å². The van der Waals surface area contributed by atoms with Crippen LogP contribution in [0.15, 0.2) is 28.8 Å². The van der Waals surface area contributed by atoms with Gasteiger partial charge in [-0.05, 0) is 44.9 Å². The van der Waals surface area contributed by atoms with Gasteiger partial charge in [0.1, 0.15) is 18.1 Å². The average Bonchev–Trinajstić information content (AvgIpc) is 3.20. The van der Waals surface area contributed by atoms with Crippen molar-refractivity contribution >= 4 is 18.3 Å². The lowest BCUT2D eigenvalue weighted by molar-refractivity contribution is 0.0782. The Kier molecular flexibility index (Phi) is 6.45. The van der Waals surface area contributed by atoms with Crippen LogP contribution >= 0.6 is 12.4 Å². The van der Waals surface area contributed by atoms with E-state index in [9.17, 15) is 4.79 Å². The Morgan fingerprint density at radius 3 is 2.80 bits per heavy atom. The van der Waals surface area contributed by atoms with Crippen LogP contribution in [0.4, 0.5) is 0 Å². The minimum absolute atomic E-state index is 0. The molecule has 136 valence electrons. The highest BCUT2D eigenvalue weighted by Gasteiger charge is 2.27. The first kappa shape index (κ1) is 19.3. The number of nitrogens with zero attached hydrogens (tertiary/aromatic N) is 2. The Balaban J connectivity index is 0.00000225. The minimum Gasteiger partial charge on any atom is -0.488 e. The lowest BCUT2D eigenvalue weighted by Gasteiger charge is -2.18. The van der Waals surface area contributed by atoms with Crippen LogP contribution in [0.5, 0.6) is 5.75 Å². The number of rotatable bonds is 5. The molecule has 1 aromatic carbocycles. The molecule has 0 bridgehead atoms. The van der Waals surface area contributed by atoms with E-state index in [1.807, 2.05) is 36.9 Å². The number of likely N-dealkylation sites (tertiary alicyclic amines) is 1. The van der Waals surface area contributed by atoms with E-state index in [0.717, 1.165) is 30.0 Å². The van der Waals surface area contributed by atoms with E-state index >= 15 is 0 Å². The number of aryl methyl sites for hydroxylation is 2. The number of aromatic nitrogens is 1. The van der Waals surface area contributed by atoms with Crippen molar-refractivity contribution in [2.45, 2.75) is 26.9 Å². The highest BCUT2D eigenvalue weighted by molar-refractivity contribution is 5.97. The van der Waals surface area contributed by atoms with Crippen LogP contribution < -0.4 is 10.5 Å². The predicted octanol–water partition coefficient (Wildman–Crippen LogP) is 2.71. The number of para-hydroxylation sites is 1. The van der Waals surface area contributed by atoms with Crippen LogP contribution in [-0.2, 0) is 6.61 Å². The summed E-state index contributed by atoms with van der Waals surface area (Å²) in [5, 5.41) is 3.92. The van der Waals surface area contributed by atoms with Gasteiger partial charge in [-0.15, -0.1) is 12.4 Å². The quantitative estimate of drug-likeness (QED) is 0.880. The number of nitrogens with two attached hydrogens (primary N) is 1. The monoisotopic (exact) mass is 365 g/mol. The molecule has 1 aliphatic heterocycles. The molecular formula is C18H24ClN3O3. The number of ether oxygens (including phenoxy) is 1. The van der Waals surface area contributed by atoms with Crippen molar-refractivity contribution in [2.24, 2.45) is 11.7 Å². The van der Waals surface area contributed by atoms with Crippen LogP contribution in [0.25, 0.3) is 0 Å². The summed E-state index contributed by atoms with van der Waals surface area (Å²) in [6.45, 7) is 6.15. The molecule has 1 saturated heterocycles. The van der Waals surface area contributed by atoms with Crippen molar-refractivity contribution in [2.75, 3.05) is 19.6 Å². The number of carbonyl (C=O) groups excluding carboxylic acids is 1. The largest absolute Gasteiger partial charge is 0.488 e. The minimum atomic E-state index is 0. The molecule has 2 aromatic rings. The van der Waals surface area contributed by atoms with Gasteiger partial charge in [0.15, 0.2) is 0 Å². The second-order valence-corrected chi connectivity index (χ2v) is 6.23. The van der Waals surface area contributed by atoms with E-state index in [-0.39, 0.29) is 18.3 Å². The summed E-state index contributed by atoms with van der Waals surface area (Å²) >= 11 is 0.